The van der Waals surface area contributed by atoms with Crippen LogP contribution in [0.15, 0.2) is 18.2 Å². The first-order valence-corrected chi connectivity index (χ1v) is 7.36. The van der Waals surface area contributed by atoms with E-state index in [1.54, 1.807) is 12.1 Å². The van der Waals surface area contributed by atoms with Crippen LogP contribution in [-0.2, 0) is 0 Å². The van der Waals surface area contributed by atoms with E-state index in [4.69, 9.17) is 27.9 Å². The molecule has 3 nitrogen and oxygen atoms in total. The average Bonchev–Trinajstić information content (AvgIpc) is 2.30. The normalized spacial score (nSPS) is 24.4. The molecule has 0 spiro atoms. The number of nitrogens with one attached hydrogen (secondary N) is 1. The molecule has 1 fully saturated rings. The Balaban J connectivity index is 1.80. The van der Waals surface area contributed by atoms with Crippen molar-refractivity contribution in [3.8, 4) is 5.75 Å². The molecule has 0 amide bonds. The topological polar surface area (TPSA) is 24.5 Å². The molecule has 1 aromatic carbocycles. The first-order valence-electron chi connectivity index (χ1n) is 6.61. The van der Waals surface area contributed by atoms with E-state index in [-0.39, 0.29) is 0 Å². The maximum absolute atomic E-state index is 6.06. The summed E-state index contributed by atoms with van der Waals surface area (Å²) >= 11 is 11.9. The Morgan fingerprint density at radius 2 is 1.95 bits per heavy atom. The van der Waals surface area contributed by atoms with Gasteiger partial charge in [0.05, 0.1) is 5.02 Å². The minimum Gasteiger partial charge on any atom is -0.491 e. The molecule has 0 aliphatic carbocycles. The third kappa shape index (κ3) is 4.53. The Morgan fingerprint density at radius 3 is 2.58 bits per heavy atom. The number of halogens is 2. The highest BCUT2D eigenvalue weighted by atomic mass is 35.5. The molecule has 5 heteroatoms. The van der Waals surface area contributed by atoms with E-state index >= 15 is 0 Å². The van der Waals surface area contributed by atoms with Gasteiger partial charge in [-0.3, -0.25) is 4.90 Å². The van der Waals surface area contributed by atoms with Crippen molar-refractivity contribution in [1.82, 2.24) is 10.2 Å². The van der Waals surface area contributed by atoms with Gasteiger partial charge in [-0.1, -0.05) is 23.2 Å². The second-order valence-electron chi connectivity index (χ2n) is 5.15. The summed E-state index contributed by atoms with van der Waals surface area (Å²) in [7, 11) is 0. The van der Waals surface area contributed by atoms with Crippen LogP contribution < -0.4 is 10.1 Å². The highest BCUT2D eigenvalue weighted by molar-refractivity contribution is 6.35. The number of hydrogen-bond donors (Lipinski definition) is 1. The van der Waals surface area contributed by atoms with Crippen LogP contribution in [-0.4, -0.2) is 43.2 Å². The fourth-order valence-corrected chi connectivity index (χ4v) is 2.96. The molecule has 19 heavy (non-hydrogen) atoms. The molecule has 0 radical (unpaired) electrons. The summed E-state index contributed by atoms with van der Waals surface area (Å²) in [6.07, 6.45) is 0. The molecule has 1 aliphatic rings. The molecule has 1 heterocycles. The fourth-order valence-electron chi connectivity index (χ4n) is 2.50. The fraction of sp³-hybridized carbons (Fsp3) is 0.571. The van der Waals surface area contributed by atoms with Gasteiger partial charge in [0, 0.05) is 36.7 Å². The number of nitrogens with zero attached hydrogens (tertiary/aromatic N) is 1. The van der Waals surface area contributed by atoms with Gasteiger partial charge in [0.15, 0.2) is 0 Å². The maximum Gasteiger partial charge on any atom is 0.138 e. The van der Waals surface area contributed by atoms with E-state index < -0.39 is 0 Å². The van der Waals surface area contributed by atoms with E-state index in [0.29, 0.717) is 34.5 Å². The molecule has 1 aliphatic heterocycles. The van der Waals surface area contributed by atoms with E-state index in [9.17, 15) is 0 Å². The van der Waals surface area contributed by atoms with Gasteiger partial charge in [-0.25, -0.2) is 0 Å². The van der Waals surface area contributed by atoms with Gasteiger partial charge in [0.25, 0.3) is 0 Å². The summed E-state index contributed by atoms with van der Waals surface area (Å²) in [5.74, 6) is 0.697. The first kappa shape index (κ1) is 14.9. The van der Waals surface area contributed by atoms with Gasteiger partial charge in [-0.05, 0) is 32.0 Å². The lowest BCUT2D eigenvalue weighted by Crippen LogP contribution is -2.54. The van der Waals surface area contributed by atoms with Crippen LogP contribution in [0.25, 0.3) is 0 Å². The number of hydrogen-bond acceptors (Lipinski definition) is 3. The predicted molar refractivity (Wildman–Crippen MR) is 80.5 cm³/mol. The quantitative estimate of drug-likeness (QED) is 0.925. The smallest absolute Gasteiger partial charge is 0.138 e. The third-order valence-corrected chi connectivity index (χ3v) is 3.72. The minimum absolute atomic E-state index is 0.530. The van der Waals surface area contributed by atoms with E-state index in [0.717, 1.165) is 19.6 Å². The van der Waals surface area contributed by atoms with Gasteiger partial charge in [0.1, 0.15) is 12.4 Å². The molecule has 1 N–H and O–H groups in total. The molecule has 2 atom stereocenters. The second kappa shape index (κ2) is 6.80. The van der Waals surface area contributed by atoms with Crippen LogP contribution in [0.2, 0.25) is 10.0 Å². The summed E-state index contributed by atoms with van der Waals surface area (Å²) in [4.78, 5) is 2.41. The minimum atomic E-state index is 0.530. The zero-order valence-corrected chi connectivity index (χ0v) is 12.8. The van der Waals surface area contributed by atoms with Crippen molar-refractivity contribution < 1.29 is 4.74 Å². The van der Waals surface area contributed by atoms with Crippen LogP contribution in [0.1, 0.15) is 13.8 Å². The second-order valence-corrected chi connectivity index (χ2v) is 6.00. The van der Waals surface area contributed by atoms with Crippen LogP contribution in [0, 0.1) is 0 Å². The molecule has 1 aromatic rings. The van der Waals surface area contributed by atoms with E-state index in [1.807, 2.05) is 6.07 Å². The van der Waals surface area contributed by atoms with Crippen molar-refractivity contribution in [2.45, 2.75) is 25.9 Å². The van der Waals surface area contributed by atoms with Gasteiger partial charge >= 0.3 is 0 Å². The van der Waals surface area contributed by atoms with Crippen LogP contribution in [0.5, 0.6) is 5.75 Å². The monoisotopic (exact) mass is 302 g/mol. The highest BCUT2D eigenvalue weighted by Crippen LogP contribution is 2.27. The van der Waals surface area contributed by atoms with E-state index in [1.165, 1.54) is 0 Å². The van der Waals surface area contributed by atoms with Gasteiger partial charge < -0.3 is 10.1 Å². The Bertz CT molecular complexity index is 418. The summed E-state index contributed by atoms with van der Waals surface area (Å²) in [5, 5.41) is 4.71. The lowest BCUT2D eigenvalue weighted by atomic mass is 10.1. The van der Waals surface area contributed by atoms with Gasteiger partial charge in [-0.2, -0.15) is 0 Å². The predicted octanol–water partition coefficient (Wildman–Crippen LogP) is 3.05. The summed E-state index contributed by atoms with van der Waals surface area (Å²) in [5.41, 5.74) is 0. The molecule has 2 rings (SSSR count). The summed E-state index contributed by atoms with van der Waals surface area (Å²) < 4.78 is 5.71. The number of ether oxygens (including phenoxy) is 1. The Morgan fingerprint density at radius 1 is 1.26 bits per heavy atom. The highest BCUT2D eigenvalue weighted by Gasteiger charge is 2.20. The molecule has 0 saturated carbocycles. The maximum atomic E-state index is 6.06. The van der Waals surface area contributed by atoms with Crippen molar-refractivity contribution in [3.05, 3.63) is 28.2 Å². The molecule has 2 unspecified atom stereocenters. The Hall–Kier alpha value is -0.480. The molecular formula is C14H20Cl2N2O. The standard InChI is InChI=1S/C14H20Cl2N2O/c1-10-8-18(9-11(2)17-10)5-6-19-14-4-3-12(15)7-13(14)16/h3-4,7,10-11,17H,5-6,8-9H2,1-2H3. The van der Waals surface area contributed by atoms with Crippen molar-refractivity contribution in [2.24, 2.45) is 0 Å². The molecule has 0 bridgehead atoms. The third-order valence-electron chi connectivity index (χ3n) is 3.19. The first-order chi connectivity index (χ1) is 9.04. The largest absolute Gasteiger partial charge is 0.491 e. The van der Waals surface area contributed by atoms with Gasteiger partial charge in [0.2, 0.25) is 0 Å². The van der Waals surface area contributed by atoms with Crippen molar-refractivity contribution in [3.63, 3.8) is 0 Å². The molecular weight excluding hydrogens is 283 g/mol. The van der Waals surface area contributed by atoms with Crippen molar-refractivity contribution in [2.75, 3.05) is 26.2 Å². The lowest BCUT2D eigenvalue weighted by molar-refractivity contribution is 0.146. The van der Waals surface area contributed by atoms with Crippen LogP contribution in [0.4, 0.5) is 0 Å². The number of rotatable bonds is 4. The zero-order valence-electron chi connectivity index (χ0n) is 11.3. The SMILES string of the molecule is CC1CN(CCOc2ccc(Cl)cc2Cl)CC(C)N1. The Kier molecular flexibility index (Phi) is 5.34. The average molecular weight is 303 g/mol. The number of benzene rings is 1. The summed E-state index contributed by atoms with van der Waals surface area (Å²) in [6.45, 7) is 8.08. The molecule has 1 saturated heterocycles. The lowest BCUT2D eigenvalue weighted by Gasteiger charge is -2.35. The molecule has 0 aromatic heterocycles. The van der Waals surface area contributed by atoms with Crippen LogP contribution >= 0.6 is 23.2 Å². The summed E-state index contributed by atoms with van der Waals surface area (Å²) in [6, 6.07) is 6.37. The van der Waals surface area contributed by atoms with Crippen molar-refractivity contribution >= 4 is 23.2 Å². The Labute approximate surface area is 124 Å². The van der Waals surface area contributed by atoms with Gasteiger partial charge in [-0.15, -0.1) is 0 Å². The number of piperazine rings is 1. The van der Waals surface area contributed by atoms with E-state index in [2.05, 4.69) is 24.1 Å². The van der Waals surface area contributed by atoms with Crippen LogP contribution in [0.3, 0.4) is 0 Å². The van der Waals surface area contributed by atoms with Crippen molar-refractivity contribution in [1.29, 1.82) is 0 Å². The zero-order chi connectivity index (χ0) is 13.8. The molecule has 106 valence electrons.